The number of phenolic OH excluding ortho intramolecular Hbond substituents is 1. The van der Waals surface area contributed by atoms with Crippen molar-refractivity contribution in [1.82, 2.24) is 4.90 Å². The number of phenols is 1. The summed E-state index contributed by atoms with van der Waals surface area (Å²) in [5.41, 5.74) is 2.83. The molecule has 2 aromatic carbocycles. The van der Waals surface area contributed by atoms with Gasteiger partial charge in [-0.3, -0.25) is 4.79 Å². The van der Waals surface area contributed by atoms with Gasteiger partial charge in [-0.15, -0.1) is 0 Å². The molecule has 0 saturated heterocycles. The van der Waals surface area contributed by atoms with Gasteiger partial charge in [-0.1, -0.05) is 47.5 Å². The zero-order valence-corrected chi connectivity index (χ0v) is 12.7. The number of aromatic hydroxyl groups is 1. The van der Waals surface area contributed by atoms with Gasteiger partial charge in [-0.2, -0.15) is 0 Å². The molecule has 0 aromatic heterocycles. The molecule has 0 radical (unpaired) electrons. The normalized spacial score (nSPS) is 13.9. The standard InChI is InChI=1S/C16H13Cl2NO2/c17-13-7-12(8-14(18)15(13)20)16(21)19-6-5-10-3-1-2-4-11(10)9-19/h1-4,7-8,20H,5-6,9H2. The predicted octanol–water partition coefficient (Wildman–Crippen LogP) is 3.90. The Kier molecular flexibility index (Phi) is 3.79. The third-order valence-electron chi connectivity index (χ3n) is 3.68. The lowest BCUT2D eigenvalue weighted by Gasteiger charge is -2.29. The summed E-state index contributed by atoms with van der Waals surface area (Å²) in [6.45, 7) is 1.23. The van der Waals surface area contributed by atoms with Gasteiger partial charge in [0, 0.05) is 18.7 Å². The molecule has 3 nitrogen and oxygen atoms in total. The number of benzene rings is 2. The maximum Gasteiger partial charge on any atom is 0.254 e. The molecule has 2 aromatic rings. The number of nitrogens with zero attached hydrogens (tertiary/aromatic N) is 1. The average molecular weight is 322 g/mol. The Balaban J connectivity index is 1.87. The second kappa shape index (κ2) is 5.58. The van der Waals surface area contributed by atoms with Gasteiger partial charge in [-0.25, -0.2) is 0 Å². The molecule has 0 atom stereocenters. The first-order valence-corrected chi connectivity index (χ1v) is 7.36. The van der Waals surface area contributed by atoms with Gasteiger partial charge >= 0.3 is 0 Å². The molecule has 3 rings (SSSR count). The van der Waals surface area contributed by atoms with Crippen LogP contribution in [0.2, 0.25) is 10.0 Å². The van der Waals surface area contributed by atoms with E-state index in [1.807, 2.05) is 18.2 Å². The molecule has 5 heteroatoms. The number of fused-ring (bicyclic) bond motifs is 1. The van der Waals surface area contributed by atoms with Gasteiger partial charge in [0.15, 0.2) is 5.75 Å². The van der Waals surface area contributed by atoms with E-state index in [1.54, 1.807) is 4.90 Å². The molecule has 0 spiro atoms. The second-order valence-electron chi connectivity index (χ2n) is 5.03. The lowest BCUT2D eigenvalue weighted by atomic mass is 9.99. The van der Waals surface area contributed by atoms with Crippen LogP contribution in [0.3, 0.4) is 0 Å². The van der Waals surface area contributed by atoms with Crippen LogP contribution < -0.4 is 0 Å². The van der Waals surface area contributed by atoms with Gasteiger partial charge in [0.05, 0.1) is 10.0 Å². The van der Waals surface area contributed by atoms with E-state index in [2.05, 4.69) is 6.07 Å². The highest BCUT2D eigenvalue weighted by Crippen LogP contribution is 2.33. The fourth-order valence-electron chi connectivity index (χ4n) is 2.54. The van der Waals surface area contributed by atoms with Crippen LogP contribution in [-0.4, -0.2) is 22.5 Å². The molecular formula is C16H13Cl2NO2. The Morgan fingerprint density at radius 2 is 1.71 bits per heavy atom. The minimum Gasteiger partial charge on any atom is -0.505 e. The molecule has 0 fully saturated rings. The zero-order valence-electron chi connectivity index (χ0n) is 11.1. The topological polar surface area (TPSA) is 40.5 Å². The van der Waals surface area contributed by atoms with E-state index in [0.29, 0.717) is 18.7 Å². The number of hydrogen-bond acceptors (Lipinski definition) is 2. The first-order chi connectivity index (χ1) is 10.1. The summed E-state index contributed by atoms with van der Waals surface area (Å²) in [6.07, 6.45) is 0.835. The van der Waals surface area contributed by atoms with Crippen molar-refractivity contribution in [2.45, 2.75) is 13.0 Å². The number of halogens is 2. The highest BCUT2D eigenvalue weighted by molar-refractivity contribution is 6.37. The molecular weight excluding hydrogens is 309 g/mol. The smallest absolute Gasteiger partial charge is 0.254 e. The van der Waals surface area contributed by atoms with Crippen molar-refractivity contribution in [2.24, 2.45) is 0 Å². The lowest BCUT2D eigenvalue weighted by molar-refractivity contribution is 0.0734. The van der Waals surface area contributed by atoms with Crippen LogP contribution in [0.1, 0.15) is 21.5 Å². The average Bonchev–Trinajstić information content (AvgIpc) is 2.51. The Hall–Kier alpha value is -1.71. The van der Waals surface area contributed by atoms with Crippen molar-refractivity contribution < 1.29 is 9.90 Å². The zero-order chi connectivity index (χ0) is 15.0. The van der Waals surface area contributed by atoms with Crippen LogP contribution in [-0.2, 0) is 13.0 Å². The summed E-state index contributed by atoms with van der Waals surface area (Å²) in [6, 6.07) is 11.0. The van der Waals surface area contributed by atoms with Crippen molar-refractivity contribution in [1.29, 1.82) is 0 Å². The Bertz CT molecular complexity index is 692. The molecule has 0 saturated carbocycles. The van der Waals surface area contributed by atoms with E-state index >= 15 is 0 Å². The number of carbonyl (C=O) groups excluding carboxylic acids is 1. The van der Waals surface area contributed by atoms with Crippen molar-refractivity contribution in [3.8, 4) is 5.75 Å². The van der Waals surface area contributed by atoms with Crippen LogP contribution in [0, 0.1) is 0 Å². The van der Waals surface area contributed by atoms with Crippen molar-refractivity contribution in [2.75, 3.05) is 6.54 Å². The minimum atomic E-state index is -0.195. The van der Waals surface area contributed by atoms with Gasteiger partial charge in [0.2, 0.25) is 0 Å². The summed E-state index contributed by atoms with van der Waals surface area (Å²) >= 11 is 11.8. The number of rotatable bonds is 1. The summed E-state index contributed by atoms with van der Waals surface area (Å²) < 4.78 is 0. The molecule has 108 valence electrons. The summed E-state index contributed by atoms with van der Waals surface area (Å²) in [7, 11) is 0. The van der Waals surface area contributed by atoms with E-state index in [0.717, 1.165) is 12.0 Å². The van der Waals surface area contributed by atoms with Crippen LogP contribution in [0.15, 0.2) is 36.4 Å². The quantitative estimate of drug-likeness (QED) is 0.865. The number of carbonyl (C=O) groups is 1. The molecule has 0 unspecified atom stereocenters. The van der Waals surface area contributed by atoms with Crippen LogP contribution in [0.5, 0.6) is 5.75 Å². The first-order valence-electron chi connectivity index (χ1n) is 6.60. The molecule has 21 heavy (non-hydrogen) atoms. The molecule has 1 aliphatic heterocycles. The van der Waals surface area contributed by atoms with Crippen LogP contribution >= 0.6 is 23.2 Å². The highest BCUT2D eigenvalue weighted by atomic mass is 35.5. The number of hydrogen-bond donors (Lipinski definition) is 1. The highest BCUT2D eigenvalue weighted by Gasteiger charge is 2.22. The lowest BCUT2D eigenvalue weighted by Crippen LogP contribution is -2.35. The summed E-state index contributed by atoms with van der Waals surface area (Å²) in [4.78, 5) is 14.3. The maximum atomic E-state index is 12.6. The largest absolute Gasteiger partial charge is 0.505 e. The minimum absolute atomic E-state index is 0.0864. The van der Waals surface area contributed by atoms with E-state index in [4.69, 9.17) is 23.2 Å². The Morgan fingerprint density at radius 3 is 2.38 bits per heavy atom. The first kappa shape index (κ1) is 14.2. The SMILES string of the molecule is O=C(c1cc(Cl)c(O)c(Cl)c1)N1CCc2ccccc2C1. The second-order valence-corrected chi connectivity index (χ2v) is 5.85. The van der Waals surface area contributed by atoms with Crippen LogP contribution in [0.25, 0.3) is 0 Å². The van der Waals surface area contributed by atoms with Crippen LogP contribution in [0.4, 0.5) is 0 Å². The Morgan fingerprint density at radius 1 is 1.10 bits per heavy atom. The summed E-state index contributed by atoms with van der Waals surface area (Å²) in [5, 5.41) is 9.74. The fraction of sp³-hybridized carbons (Fsp3) is 0.188. The van der Waals surface area contributed by atoms with Gasteiger partial charge in [0.1, 0.15) is 0 Å². The molecule has 1 amide bonds. The fourth-order valence-corrected chi connectivity index (χ4v) is 3.03. The summed E-state index contributed by atoms with van der Waals surface area (Å²) in [5.74, 6) is -0.327. The van der Waals surface area contributed by atoms with E-state index in [9.17, 15) is 9.90 Å². The predicted molar refractivity (Wildman–Crippen MR) is 83.0 cm³/mol. The number of amides is 1. The molecule has 1 aliphatic rings. The Labute approximate surface area is 132 Å². The van der Waals surface area contributed by atoms with Crippen molar-refractivity contribution >= 4 is 29.1 Å². The monoisotopic (exact) mass is 321 g/mol. The van der Waals surface area contributed by atoms with Gasteiger partial charge in [-0.05, 0) is 29.7 Å². The maximum absolute atomic E-state index is 12.6. The third-order valence-corrected chi connectivity index (χ3v) is 4.26. The molecule has 1 N–H and O–H groups in total. The van der Waals surface area contributed by atoms with E-state index in [-0.39, 0.29) is 21.7 Å². The molecule has 0 aliphatic carbocycles. The van der Waals surface area contributed by atoms with E-state index < -0.39 is 0 Å². The van der Waals surface area contributed by atoms with E-state index in [1.165, 1.54) is 17.7 Å². The van der Waals surface area contributed by atoms with Crippen molar-refractivity contribution in [3.63, 3.8) is 0 Å². The van der Waals surface area contributed by atoms with Crippen molar-refractivity contribution in [3.05, 3.63) is 63.1 Å². The molecule has 0 bridgehead atoms. The van der Waals surface area contributed by atoms with Gasteiger partial charge < -0.3 is 10.0 Å². The van der Waals surface area contributed by atoms with Gasteiger partial charge in [0.25, 0.3) is 5.91 Å². The molecule has 1 heterocycles. The third kappa shape index (κ3) is 2.71.